The Balaban J connectivity index is 0.000000292. The minimum absolute atomic E-state index is 0.293. The largest absolute Gasteiger partial charge is 0.445 e. The van der Waals surface area contributed by atoms with Gasteiger partial charge in [0.1, 0.15) is 6.61 Å². The highest BCUT2D eigenvalue weighted by Crippen LogP contribution is 2.01. The SMILES string of the molecule is O=C(NCc1ccccc1)OCc1ccccc1.c1ccccc1. The highest BCUT2D eigenvalue weighted by molar-refractivity contribution is 5.67. The quantitative estimate of drug-likeness (QED) is 0.750. The molecular weight excluding hydrogens is 298 g/mol. The number of hydrogen-bond donors (Lipinski definition) is 1. The molecule has 3 aromatic rings. The zero-order chi connectivity index (χ0) is 16.9. The predicted molar refractivity (Wildman–Crippen MR) is 96.4 cm³/mol. The van der Waals surface area contributed by atoms with Crippen LogP contribution in [0.4, 0.5) is 4.79 Å². The van der Waals surface area contributed by atoms with Crippen LogP contribution in [0.2, 0.25) is 0 Å². The maximum Gasteiger partial charge on any atom is 0.407 e. The molecule has 1 amide bonds. The van der Waals surface area contributed by atoms with Gasteiger partial charge in [-0.15, -0.1) is 0 Å². The highest BCUT2D eigenvalue weighted by atomic mass is 16.5. The molecule has 24 heavy (non-hydrogen) atoms. The second-order valence-corrected chi connectivity index (χ2v) is 5.06. The molecule has 3 aromatic carbocycles. The van der Waals surface area contributed by atoms with E-state index in [0.717, 1.165) is 11.1 Å². The van der Waals surface area contributed by atoms with Crippen LogP contribution in [0.3, 0.4) is 0 Å². The minimum atomic E-state index is -0.400. The van der Waals surface area contributed by atoms with Crippen molar-refractivity contribution in [3.8, 4) is 0 Å². The van der Waals surface area contributed by atoms with Gasteiger partial charge in [0.25, 0.3) is 0 Å². The first-order valence-electron chi connectivity index (χ1n) is 7.83. The molecule has 1 N–H and O–H groups in total. The molecule has 3 heteroatoms. The van der Waals surface area contributed by atoms with Crippen molar-refractivity contribution in [1.82, 2.24) is 5.32 Å². The summed E-state index contributed by atoms with van der Waals surface area (Å²) in [5, 5.41) is 2.71. The number of hydrogen-bond acceptors (Lipinski definition) is 2. The lowest BCUT2D eigenvalue weighted by atomic mass is 10.2. The van der Waals surface area contributed by atoms with Gasteiger partial charge in [0.15, 0.2) is 0 Å². The first-order valence-corrected chi connectivity index (χ1v) is 7.83. The first-order chi connectivity index (χ1) is 11.8. The van der Waals surface area contributed by atoms with Crippen LogP contribution in [-0.2, 0) is 17.9 Å². The van der Waals surface area contributed by atoms with Crippen molar-refractivity contribution in [1.29, 1.82) is 0 Å². The Hall–Kier alpha value is -3.07. The Morgan fingerprint density at radius 2 is 1.08 bits per heavy atom. The fourth-order valence-corrected chi connectivity index (χ4v) is 1.93. The molecule has 0 aliphatic rings. The van der Waals surface area contributed by atoms with Gasteiger partial charge in [0.2, 0.25) is 0 Å². The molecular formula is C21H21NO2. The zero-order valence-corrected chi connectivity index (χ0v) is 13.5. The van der Waals surface area contributed by atoms with Crippen LogP contribution in [0.1, 0.15) is 11.1 Å². The normalized spacial score (nSPS) is 9.33. The highest BCUT2D eigenvalue weighted by Gasteiger charge is 2.01. The maximum atomic E-state index is 11.5. The van der Waals surface area contributed by atoms with E-state index in [4.69, 9.17) is 4.74 Å². The molecule has 0 unspecified atom stereocenters. The number of rotatable bonds is 4. The van der Waals surface area contributed by atoms with Gasteiger partial charge < -0.3 is 10.1 Å². The van der Waals surface area contributed by atoms with E-state index in [1.165, 1.54) is 0 Å². The Morgan fingerprint density at radius 1 is 0.667 bits per heavy atom. The van der Waals surface area contributed by atoms with Crippen LogP contribution in [-0.4, -0.2) is 6.09 Å². The van der Waals surface area contributed by atoms with Crippen molar-refractivity contribution in [2.24, 2.45) is 0 Å². The van der Waals surface area contributed by atoms with Crippen LogP contribution in [0.15, 0.2) is 97.1 Å². The number of ether oxygens (including phenoxy) is 1. The number of carbonyl (C=O) groups is 1. The van der Waals surface area contributed by atoms with E-state index in [0.29, 0.717) is 13.2 Å². The van der Waals surface area contributed by atoms with Gasteiger partial charge in [0, 0.05) is 6.54 Å². The molecule has 0 bridgehead atoms. The topological polar surface area (TPSA) is 38.3 Å². The fourth-order valence-electron chi connectivity index (χ4n) is 1.93. The lowest BCUT2D eigenvalue weighted by molar-refractivity contribution is 0.139. The van der Waals surface area contributed by atoms with Gasteiger partial charge in [-0.2, -0.15) is 0 Å². The van der Waals surface area contributed by atoms with E-state index in [-0.39, 0.29) is 0 Å². The fraction of sp³-hybridized carbons (Fsp3) is 0.0952. The molecule has 0 atom stereocenters. The summed E-state index contributed by atoms with van der Waals surface area (Å²) in [4.78, 5) is 11.5. The van der Waals surface area contributed by atoms with E-state index >= 15 is 0 Å². The number of alkyl carbamates (subject to hydrolysis) is 1. The summed E-state index contributed by atoms with van der Waals surface area (Å²) in [6.07, 6.45) is -0.400. The summed E-state index contributed by atoms with van der Waals surface area (Å²) in [6.45, 7) is 0.774. The third-order valence-electron chi connectivity index (χ3n) is 3.16. The van der Waals surface area contributed by atoms with Gasteiger partial charge in [-0.3, -0.25) is 0 Å². The average molecular weight is 319 g/mol. The van der Waals surface area contributed by atoms with Crippen molar-refractivity contribution in [2.45, 2.75) is 13.2 Å². The first kappa shape index (κ1) is 17.3. The van der Waals surface area contributed by atoms with E-state index in [9.17, 15) is 4.79 Å². The van der Waals surface area contributed by atoms with Crippen LogP contribution >= 0.6 is 0 Å². The Labute approximate surface area is 142 Å². The second-order valence-electron chi connectivity index (χ2n) is 5.06. The summed E-state index contributed by atoms with van der Waals surface area (Å²) in [5.41, 5.74) is 2.03. The summed E-state index contributed by atoms with van der Waals surface area (Å²) in [5.74, 6) is 0. The van der Waals surface area contributed by atoms with Crippen molar-refractivity contribution in [3.63, 3.8) is 0 Å². The molecule has 0 aliphatic carbocycles. The average Bonchev–Trinajstić information content (AvgIpc) is 2.68. The molecule has 122 valence electrons. The van der Waals surface area contributed by atoms with Gasteiger partial charge in [-0.05, 0) is 11.1 Å². The van der Waals surface area contributed by atoms with Crippen molar-refractivity contribution in [3.05, 3.63) is 108 Å². The Bertz CT molecular complexity index is 613. The number of carbonyl (C=O) groups excluding carboxylic acids is 1. The van der Waals surface area contributed by atoms with Crippen LogP contribution in [0.25, 0.3) is 0 Å². The number of benzene rings is 3. The van der Waals surface area contributed by atoms with Gasteiger partial charge in [0.05, 0.1) is 0 Å². The van der Waals surface area contributed by atoms with E-state index in [2.05, 4.69) is 5.32 Å². The van der Waals surface area contributed by atoms with Gasteiger partial charge >= 0.3 is 6.09 Å². The van der Waals surface area contributed by atoms with Crippen LogP contribution in [0.5, 0.6) is 0 Å². The molecule has 0 aromatic heterocycles. The Kier molecular flexibility index (Phi) is 7.65. The third kappa shape index (κ3) is 7.27. The summed E-state index contributed by atoms with van der Waals surface area (Å²) in [6, 6.07) is 31.3. The van der Waals surface area contributed by atoms with Crippen molar-refractivity contribution in [2.75, 3.05) is 0 Å². The van der Waals surface area contributed by atoms with E-state index < -0.39 is 6.09 Å². The number of nitrogens with one attached hydrogen (secondary N) is 1. The standard InChI is InChI=1S/C15H15NO2.C6H6/c17-15(16-11-13-7-3-1-4-8-13)18-12-14-9-5-2-6-10-14;1-2-4-6-5-3-1/h1-10H,11-12H2,(H,16,17);1-6H. The Morgan fingerprint density at radius 3 is 1.58 bits per heavy atom. The molecule has 0 heterocycles. The minimum Gasteiger partial charge on any atom is -0.445 e. The van der Waals surface area contributed by atoms with Crippen LogP contribution < -0.4 is 5.32 Å². The summed E-state index contributed by atoms with van der Waals surface area (Å²) >= 11 is 0. The summed E-state index contributed by atoms with van der Waals surface area (Å²) < 4.78 is 5.10. The van der Waals surface area contributed by atoms with Crippen molar-refractivity contribution < 1.29 is 9.53 Å². The molecule has 3 rings (SSSR count). The smallest absolute Gasteiger partial charge is 0.407 e. The predicted octanol–water partition coefficient (Wildman–Crippen LogP) is 4.80. The molecule has 0 radical (unpaired) electrons. The second kappa shape index (κ2) is 10.6. The third-order valence-corrected chi connectivity index (χ3v) is 3.16. The maximum absolute atomic E-state index is 11.5. The van der Waals surface area contributed by atoms with Crippen LogP contribution in [0, 0.1) is 0 Å². The van der Waals surface area contributed by atoms with E-state index in [1.54, 1.807) is 0 Å². The molecule has 0 aliphatic heterocycles. The monoisotopic (exact) mass is 319 g/mol. The molecule has 0 spiro atoms. The van der Waals surface area contributed by atoms with E-state index in [1.807, 2.05) is 97.1 Å². The lowest BCUT2D eigenvalue weighted by Crippen LogP contribution is -2.23. The van der Waals surface area contributed by atoms with Gasteiger partial charge in [-0.1, -0.05) is 97.1 Å². The van der Waals surface area contributed by atoms with Crippen molar-refractivity contribution >= 4 is 6.09 Å². The zero-order valence-electron chi connectivity index (χ0n) is 13.5. The molecule has 3 nitrogen and oxygen atoms in total. The molecule has 0 fully saturated rings. The molecule has 0 saturated carbocycles. The molecule has 0 saturated heterocycles. The lowest BCUT2D eigenvalue weighted by Gasteiger charge is -2.07. The number of amides is 1. The summed E-state index contributed by atoms with van der Waals surface area (Å²) in [7, 11) is 0. The van der Waals surface area contributed by atoms with Gasteiger partial charge in [-0.25, -0.2) is 4.79 Å².